The molecule has 0 radical (unpaired) electrons. The third kappa shape index (κ3) is 5.42. The first-order valence-corrected chi connectivity index (χ1v) is 10.6. The highest BCUT2D eigenvalue weighted by atomic mass is 19.1. The van der Waals surface area contributed by atoms with E-state index in [2.05, 4.69) is 80.3 Å². The molecular formula is C25H34FN. The van der Waals surface area contributed by atoms with Crippen LogP contribution < -0.4 is 0 Å². The predicted molar refractivity (Wildman–Crippen MR) is 113 cm³/mol. The Morgan fingerprint density at radius 2 is 1.56 bits per heavy atom. The summed E-state index contributed by atoms with van der Waals surface area (Å²) < 4.78 is 13.6. The lowest BCUT2D eigenvalue weighted by Crippen LogP contribution is -2.40. The normalized spacial score (nSPS) is 20.7. The largest absolute Gasteiger partial charge is 0.298 e. The quantitative estimate of drug-likeness (QED) is 0.512. The van der Waals surface area contributed by atoms with E-state index in [1.165, 1.54) is 16.7 Å². The maximum Gasteiger partial charge on any atom is 0.107 e. The molecule has 27 heavy (non-hydrogen) atoms. The van der Waals surface area contributed by atoms with E-state index in [-0.39, 0.29) is 5.92 Å². The van der Waals surface area contributed by atoms with Crippen LogP contribution in [-0.4, -0.2) is 29.7 Å². The summed E-state index contributed by atoms with van der Waals surface area (Å²) in [6, 6.07) is 20.6. The van der Waals surface area contributed by atoms with Crippen molar-refractivity contribution in [1.29, 1.82) is 0 Å². The van der Waals surface area contributed by atoms with Gasteiger partial charge in [0.25, 0.3) is 0 Å². The van der Waals surface area contributed by atoms with E-state index in [1.54, 1.807) is 0 Å². The molecule has 0 saturated heterocycles. The highest BCUT2D eigenvalue weighted by molar-refractivity contribution is 5.28. The van der Waals surface area contributed by atoms with Crippen LogP contribution in [0.3, 0.4) is 0 Å². The molecule has 146 valence electrons. The minimum absolute atomic E-state index is 0.146. The van der Waals surface area contributed by atoms with Crippen LogP contribution in [0.4, 0.5) is 4.39 Å². The van der Waals surface area contributed by atoms with Gasteiger partial charge in [0.05, 0.1) is 0 Å². The maximum absolute atomic E-state index is 13.6. The highest BCUT2D eigenvalue weighted by Gasteiger charge is 2.31. The molecule has 2 heteroatoms. The van der Waals surface area contributed by atoms with Gasteiger partial charge < -0.3 is 0 Å². The third-order valence-corrected chi connectivity index (χ3v) is 6.18. The standard InChI is InChI=1S/C25H34FN/c1-19(2)27(18-17-21-7-5-4-6-8-21)20(3)9-10-22-11-13-23(14-12-22)24-15-16-25(24)26/h4-8,11-14,19-20,24-25H,9-10,15-18H2,1-3H3. The summed E-state index contributed by atoms with van der Waals surface area (Å²) in [6.45, 7) is 8.04. The van der Waals surface area contributed by atoms with Gasteiger partial charge in [0.15, 0.2) is 0 Å². The van der Waals surface area contributed by atoms with E-state index in [0.29, 0.717) is 12.1 Å². The highest BCUT2D eigenvalue weighted by Crippen LogP contribution is 2.39. The molecule has 0 N–H and O–H groups in total. The Kier molecular flexibility index (Phi) is 7.07. The lowest BCUT2D eigenvalue weighted by molar-refractivity contribution is 0.158. The smallest absolute Gasteiger partial charge is 0.107 e. The van der Waals surface area contributed by atoms with Gasteiger partial charge in [-0.15, -0.1) is 0 Å². The molecule has 3 atom stereocenters. The minimum Gasteiger partial charge on any atom is -0.298 e. The molecule has 0 aliphatic heterocycles. The first kappa shape index (κ1) is 20.1. The van der Waals surface area contributed by atoms with Crippen LogP contribution in [0, 0.1) is 0 Å². The summed E-state index contributed by atoms with van der Waals surface area (Å²) in [5.74, 6) is 0.146. The van der Waals surface area contributed by atoms with Crippen LogP contribution in [0.1, 0.15) is 62.6 Å². The van der Waals surface area contributed by atoms with Crippen molar-refractivity contribution in [3.63, 3.8) is 0 Å². The second kappa shape index (κ2) is 9.50. The molecule has 1 saturated carbocycles. The number of nitrogens with zero attached hydrogens (tertiary/aromatic N) is 1. The first-order chi connectivity index (χ1) is 13.0. The number of benzene rings is 2. The van der Waals surface area contributed by atoms with Crippen LogP contribution >= 0.6 is 0 Å². The molecular weight excluding hydrogens is 333 g/mol. The van der Waals surface area contributed by atoms with Crippen molar-refractivity contribution >= 4 is 0 Å². The molecule has 2 aromatic rings. The molecule has 1 aliphatic rings. The van der Waals surface area contributed by atoms with Crippen molar-refractivity contribution in [3.05, 3.63) is 71.3 Å². The second-order valence-electron chi connectivity index (χ2n) is 8.40. The summed E-state index contributed by atoms with van der Waals surface area (Å²) in [6.07, 6.45) is 4.45. The molecule has 0 aromatic heterocycles. The van der Waals surface area contributed by atoms with Crippen LogP contribution in [0.2, 0.25) is 0 Å². The average molecular weight is 368 g/mol. The maximum atomic E-state index is 13.6. The van der Waals surface area contributed by atoms with Gasteiger partial charge in [-0.1, -0.05) is 54.6 Å². The molecule has 0 bridgehead atoms. The number of hydrogen-bond acceptors (Lipinski definition) is 1. The molecule has 3 unspecified atom stereocenters. The summed E-state index contributed by atoms with van der Waals surface area (Å²) in [7, 11) is 0. The van der Waals surface area contributed by atoms with Gasteiger partial charge in [0.2, 0.25) is 0 Å². The Morgan fingerprint density at radius 1 is 0.889 bits per heavy atom. The van der Waals surface area contributed by atoms with E-state index < -0.39 is 6.17 Å². The summed E-state index contributed by atoms with van der Waals surface area (Å²) in [5, 5.41) is 0. The Morgan fingerprint density at radius 3 is 2.11 bits per heavy atom. The van der Waals surface area contributed by atoms with E-state index in [4.69, 9.17) is 0 Å². The fraction of sp³-hybridized carbons (Fsp3) is 0.520. The fourth-order valence-corrected chi connectivity index (χ4v) is 4.20. The molecule has 1 nitrogen and oxygen atoms in total. The number of hydrogen-bond donors (Lipinski definition) is 0. The van der Waals surface area contributed by atoms with Gasteiger partial charge in [-0.05, 0) is 69.6 Å². The number of rotatable bonds is 9. The molecule has 0 spiro atoms. The predicted octanol–water partition coefficient (Wildman–Crippen LogP) is 6.18. The van der Waals surface area contributed by atoms with Crippen molar-refractivity contribution < 1.29 is 4.39 Å². The number of alkyl halides is 1. The molecule has 2 aromatic carbocycles. The lowest BCUT2D eigenvalue weighted by Gasteiger charge is -2.33. The van der Waals surface area contributed by atoms with E-state index in [9.17, 15) is 4.39 Å². The third-order valence-electron chi connectivity index (χ3n) is 6.18. The van der Waals surface area contributed by atoms with Crippen LogP contribution in [0.5, 0.6) is 0 Å². The fourth-order valence-electron chi connectivity index (χ4n) is 4.20. The average Bonchev–Trinajstić information content (AvgIpc) is 2.67. The summed E-state index contributed by atoms with van der Waals surface area (Å²) in [4.78, 5) is 2.61. The van der Waals surface area contributed by atoms with E-state index in [1.807, 2.05) is 0 Å². The van der Waals surface area contributed by atoms with Crippen molar-refractivity contribution in [3.8, 4) is 0 Å². The monoisotopic (exact) mass is 367 g/mol. The topological polar surface area (TPSA) is 3.24 Å². The lowest BCUT2D eigenvalue weighted by atomic mass is 9.78. The van der Waals surface area contributed by atoms with Crippen LogP contribution in [0.15, 0.2) is 54.6 Å². The molecule has 1 fully saturated rings. The first-order valence-electron chi connectivity index (χ1n) is 10.6. The van der Waals surface area contributed by atoms with E-state index in [0.717, 1.165) is 38.6 Å². The molecule has 0 heterocycles. The van der Waals surface area contributed by atoms with Gasteiger partial charge in [-0.25, -0.2) is 4.39 Å². The summed E-state index contributed by atoms with van der Waals surface area (Å²) >= 11 is 0. The zero-order chi connectivity index (χ0) is 19.2. The number of halogens is 1. The Labute approximate surface area is 164 Å². The van der Waals surface area contributed by atoms with Crippen molar-refractivity contribution in [2.45, 2.75) is 77.0 Å². The van der Waals surface area contributed by atoms with Crippen molar-refractivity contribution in [2.24, 2.45) is 0 Å². The molecule has 3 rings (SSSR count). The van der Waals surface area contributed by atoms with Crippen molar-refractivity contribution in [1.82, 2.24) is 4.90 Å². The van der Waals surface area contributed by atoms with Gasteiger partial charge in [0, 0.05) is 24.5 Å². The van der Waals surface area contributed by atoms with E-state index >= 15 is 0 Å². The SMILES string of the molecule is CC(C)N(CCc1ccccc1)C(C)CCc1ccc(C2CCC2F)cc1. The molecule has 0 amide bonds. The Hall–Kier alpha value is -1.67. The zero-order valence-corrected chi connectivity index (χ0v) is 17.1. The van der Waals surface area contributed by atoms with Crippen LogP contribution in [-0.2, 0) is 12.8 Å². The minimum atomic E-state index is -0.625. The Bertz CT molecular complexity index is 679. The molecule has 1 aliphatic carbocycles. The second-order valence-corrected chi connectivity index (χ2v) is 8.40. The Balaban J connectivity index is 1.50. The van der Waals surface area contributed by atoms with Gasteiger partial charge in [-0.3, -0.25) is 4.90 Å². The summed E-state index contributed by atoms with van der Waals surface area (Å²) in [5.41, 5.74) is 3.96. The zero-order valence-electron chi connectivity index (χ0n) is 17.1. The van der Waals surface area contributed by atoms with Gasteiger partial charge in [-0.2, -0.15) is 0 Å². The van der Waals surface area contributed by atoms with Gasteiger partial charge in [0.1, 0.15) is 6.17 Å². The van der Waals surface area contributed by atoms with Crippen LogP contribution in [0.25, 0.3) is 0 Å². The van der Waals surface area contributed by atoms with Crippen molar-refractivity contribution in [2.75, 3.05) is 6.54 Å². The number of aryl methyl sites for hydroxylation is 1. The van der Waals surface area contributed by atoms with Gasteiger partial charge >= 0.3 is 0 Å².